The molecule has 2 aromatic rings. The summed E-state index contributed by atoms with van der Waals surface area (Å²) >= 11 is 0. The number of amides is 2. The Morgan fingerprint density at radius 2 is 1.48 bits per heavy atom. The highest BCUT2D eigenvalue weighted by molar-refractivity contribution is 5.99. The molecule has 1 aliphatic rings. The van der Waals surface area contributed by atoms with Crippen molar-refractivity contribution in [2.24, 2.45) is 0 Å². The molecular formula is C26H39N3O4. The van der Waals surface area contributed by atoms with Crippen molar-refractivity contribution in [1.29, 1.82) is 0 Å². The standard InChI is InChI=1S/C20H29N3O4.C6H6.2H2/c1-23(2)14-15-7-9-16(10-8-15)18(25)22-20(11-5-4-6-12-20)19(26)21-13-17(24)27-3;1-2-4-6-5-3-1;;/h7-10H,4-6,11-14H2,1-3H3,(H,21,26)(H,22,25);1-6H;2*1H. The van der Waals surface area contributed by atoms with Crippen LogP contribution < -0.4 is 10.6 Å². The van der Waals surface area contributed by atoms with Crippen LogP contribution in [0.2, 0.25) is 0 Å². The van der Waals surface area contributed by atoms with Gasteiger partial charge in [-0.3, -0.25) is 14.4 Å². The summed E-state index contributed by atoms with van der Waals surface area (Å²) < 4.78 is 4.57. The van der Waals surface area contributed by atoms with Gasteiger partial charge in [0.2, 0.25) is 5.91 Å². The van der Waals surface area contributed by atoms with Crippen LogP contribution >= 0.6 is 0 Å². The molecule has 33 heavy (non-hydrogen) atoms. The molecule has 2 aromatic carbocycles. The summed E-state index contributed by atoms with van der Waals surface area (Å²) in [6, 6.07) is 19.4. The minimum Gasteiger partial charge on any atom is -0.468 e. The van der Waals surface area contributed by atoms with Crippen LogP contribution in [-0.2, 0) is 20.9 Å². The number of nitrogens with zero attached hydrogens (tertiary/aromatic N) is 1. The van der Waals surface area contributed by atoms with E-state index in [1.165, 1.54) is 7.11 Å². The van der Waals surface area contributed by atoms with Gasteiger partial charge in [0.15, 0.2) is 0 Å². The molecular weight excluding hydrogens is 418 g/mol. The number of carbonyl (C=O) groups excluding carboxylic acids is 3. The molecule has 1 fully saturated rings. The van der Waals surface area contributed by atoms with Gasteiger partial charge in [0.05, 0.1) is 7.11 Å². The second kappa shape index (κ2) is 13.4. The van der Waals surface area contributed by atoms with Gasteiger partial charge in [-0.15, -0.1) is 0 Å². The van der Waals surface area contributed by atoms with Crippen molar-refractivity contribution in [1.82, 2.24) is 15.5 Å². The lowest BCUT2D eigenvalue weighted by atomic mass is 9.80. The van der Waals surface area contributed by atoms with Crippen LogP contribution in [0.4, 0.5) is 0 Å². The molecule has 0 aromatic heterocycles. The summed E-state index contributed by atoms with van der Waals surface area (Å²) in [5.74, 6) is -1.12. The van der Waals surface area contributed by atoms with Gasteiger partial charge in [0.25, 0.3) is 5.91 Å². The molecule has 2 N–H and O–H groups in total. The lowest BCUT2D eigenvalue weighted by Gasteiger charge is -2.36. The molecule has 0 bridgehead atoms. The Labute approximate surface area is 199 Å². The number of hydrogen-bond donors (Lipinski definition) is 2. The number of carbonyl (C=O) groups is 3. The van der Waals surface area contributed by atoms with Crippen molar-refractivity contribution in [3.63, 3.8) is 0 Å². The minimum atomic E-state index is -0.980. The third-order valence-corrected chi connectivity index (χ3v) is 5.50. The summed E-state index contributed by atoms with van der Waals surface area (Å²) in [6.45, 7) is 0.591. The lowest BCUT2D eigenvalue weighted by molar-refractivity contribution is -0.142. The van der Waals surface area contributed by atoms with E-state index in [1.807, 2.05) is 62.6 Å². The molecule has 7 heteroatoms. The van der Waals surface area contributed by atoms with Gasteiger partial charge >= 0.3 is 5.97 Å². The fourth-order valence-corrected chi connectivity index (χ4v) is 3.76. The monoisotopic (exact) mass is 457 g/mol. The Kier molecular flexibility index (Phi) is 10.6. The molecule has 0 radical (unpaired) electrons. The zero-order valence-electron chi connectivity index (χ0n) is 19.8. The van der Waals surface area contributed by atoms with E-state index < -0.39 is 11.5 Å². The molecule has 0 unspecified atom stereocenters. The summed E-state index contributed by atoms with van der Waals surface area (Å²) in [7, 11) is 5.24. The van der Waals surface area contributed by atoms with Crippen molar-refractivity contribution in [2.45, 2.75) is 44.2 Å². The number of hydrogen-bond acceptors (Lipinski definition) is 5. The van der Waals surface area contributed by atoms with Crippen molar-refractivity contribution in [3.05, 3.63) is 71.8 Å². The van der Waals surface area contributed by atoms with E-state index >= 15 is 0 Å². The van der Waals surface area contributed by atoms with Crippen molar-refractivity contribution >= 4 is 17.8 Å². The quantitative estimate of drug-likeness (QED) is 0.620. The highest BCUT2D eigenvalue weighted by Crippen LogP contribution is 2.29. The largest absolute Gasteiger partial charge is 0.468 e. The first-order valence-corrected chi connectivity index (χ1v) is 11.3. The average molecular weight is 458 g/mol. The minimum absolute atomic E-state index is 0. The lowest BCUT2D eigenvalue weighted by Crippen LogP contribution is -2.60. The van der Waals surface area contributed by atoms with E-state index in [0.717, 1.165) is 31.4 Å². The van der Waals surface area contributed by atoms with E-state index in [-0.39, 0.29) is 21.2 Å². The topological polar surface area (TPSA) is 87.7 Å². The zero-order valence-corrected chi connectivity index (χ0v) is 19.8. The summed E-state index contributed by atoms with van der Waals surface area (Å²) in [4.78, 5) is 38.9. The van der Waals surface area contributed by atoms with E-state index in [4.69, 9.17) is 0 Å². The van der Waals surface area contributed by atoms with Crippen LogP contribution in [0, 0.1) is 0 Å². The van der Waals surface area contributed by atoms with Crippen LogP contribution in [-0.4, -0.2) is 56.0 Å². The maximum Gasteiger partial charge on any atom is 0.325 e. The molecule has 0 atom stereocenters. The number of nitrogens with one attached hydrogen (secondary N) is 2. The van der Waals surface area contributed by atoms with Gasteiger partial charge in [0, 0.05) is 15.0 Å². The van der Waals surface area contributed by atoms with Crippen LogP contribution in [0.1, 0.15) is 50.9 Å². The molecule has 0 heterocycles. The molecule has 1 aliphatic carbocycles. The Hall–Kier alpha value is -3.19. The van der Waals surface area contributed by atoms with Crippen molar-refractivity contribution in [2.75, 3.05) is 27.7 Å². The van der Waals surface area contributed by atoms with E-state index in [0.29, 0.717) is 18.4 Å². The highest BCUT2D eigenvalue weighted by atomic mass is 16.5. The van der Waals surface area contributed by atoms with Gasteiger partial charge in [-0.05, 0) is 44.6 Å². The van der Waals surface area contributed by atoms with E-state index in [2.05, 4.69) is 20.3 Å². The Morgan fingerprint density at radius 1 is 0.939 bits per heavy atom. The molecule has 3 rings (SSSR count). The fourth-order valence-electron chi connectivity index (χ4n) is 3.76. The zero-order chi connectivity index (χ0) is 24.1. The number of benzene rings is 2. The smallest absolute Gasteiger partial charge is 0.325 e. The van der Waals surface area contributed by atoms with Gasteiger partial charge < -0.3 is 20.3 Å². The van der Waals surface area contributed by atoms with Crippen LogP contribution in [0.5, 0.6) is 0 Å². The predicted octanol–water partition coefficient (Wildman–Crippen LogP) is 3.65. The molecule has 7 nitrogen and oxygen atoms in total. The first kappa shape index (κ1) is 26.1. The molecule has 0 spiro atoms. The normalized spacial score (nSPS) is 14.4. The first-order valence-electron chi connectivity index (χ1n) is 11.3. The fraction of sp³-hybridized carbons (Fsp3) is 0.423. The maximum atomic E-state index is 12.8. The number of ether oxygens (including phenoxy) is 1. The average Bonchev–Trinajstić information content (AvgIpc) is 2.84. The molecule has 1 saturated carbocycles. The summed E-state index contributed by atoms with van der Waals surface area (Å²) in [5, 5.41) is 5.53. The van der Waals surface area contributed by atoms with Gasteiger partial charge in [-0.1, -0.05) is 67.8 Å². The predicted molar refractivity (Wildman–Crippen MR) is 133 cm³/mol. The summed E-state index contributed by atoms with van der Waals surface area (Å²) in [5.41, 5.74) is 0.647. The number of methoxy groups -OCH3 is 1. The van der Waals surface area contributed by atoms with Crippen molar-refractivity contribution < 1.29 is 22.0 Å². The maximum absolute atomic E-state index is 12.8. The Balaban J connectivity index is 0.00000126. The second-order valence-electron chi connectivity index (χ2n) is 8.45. The van der Waals surface area contributed by atoms with E-state index in [9.17, 15) is 14.4 Å². The number of rotatable bonds is 7. The summed E-state index contributed by atoms with van der Waals surface area (Å²) in [6.07, 6.45) is 3.86. The molecule has 0 aliphatic heterocycles. The van der Waals surface area contributed by atoms with Crippen LogP contribution in [0.3, 0.4) is 0 Å². The SMILES string of the molecule is COC(=O)CNC(=O)C1(NC(=O)c2ccc(CN(C)C)cc2)CCCCC1.[HH].[HH].c1ccccc1. The van der Waals surface area contributed by atoms with Crippen LogP contribution in [0.25, 0.3) is 0 Å². The Bertz CT molecular complexity index is 861. The molecule has 0 saturated heterocycles. The first-order chi connectivity index (χ1) is 15.9. The van der Waals surface area contributed by atoms with Gasteiger partial charge in [-0.2, -0.15) is 0 Å². The molecule has 2 amide bonds. The van der Waals surface area contributed by atoms with Gasteiger partial charge in [0.1, 0.15) is 12.1 Å². The third kappa shape index (κ3) is 8.69. The highest BCUT2D eigenvalue weighted by Gasteiger charge is 2.41. The second-order valence-corrected chi connectivity index (χ2v) is 8.45. The van der Waals surface area contributed by atoms with Gasteiger partial charge in [-0.25, -0.2) is 0 Å². The van der Waals surface area contributed by atoms with Crippen LogP contribution in [0.15, 0.2) is 60.7 Å². The third-order valence-electron chi connectivity index (χ3n) is 5.50. The van der Waals surface area contributed by atoms with Crippen molar-refractivity contribution in [3.8, 4) is 0 Å². The van der Waals surface area contributed by atoms with E-state index in [1.54, 1.807) is 12.1 Å². The Morgan fingerprint density at radius 3 is 1.97 bits per heavy atom. The number of esters is 1. The molecule has 182 valence electrons.